The van der Waals surface area contributed by atoms with E-state index in [1.54, 1.807) is 21.0 Å². The molecule has 0 bridgehead atoms. The molecule has 11 heteroatoms. The van der Waals surface area contributed by atoms with Gasteiger partial charge in [0.1, 0.15) is 29.7 Å². The second kappa shape index (κ2) is 11.5. The Morgan fingerprint density at radius 1 is 1.21 bits per heavy atom. The van der Waals surface area contributed by atoms with E-state index in [2.05, 4.69) is 20.2 Å². The van der Waals surface area contributed by atoms with Gasteiger partial charge in [-0.25, -0.2) is 14.4 Å². The van der Waals surface area contributed by atoms with Crippen LogP contribution in [0.5, 0.6) is 11.5 Å². The highest BCUT2D eigenvalue weighted by atomic mass is 19.3. The summed E-state index contributed by atoms with van der Waals surface area (Å²) in [5.41, 5.74) is -1.89. The van der Waals surface area contributed by atoms with Gasteiger partial charge in [0, 0.05) is 22.6 Å². The monoisotopic (exact) mass is 588 g/mol. The van der Waals surface area contributed by atoms with E-state index in [1.165, 1.54) is 12.1 Å². The Morgan fingerprint density at radius 2 is 1.95 bits per heavy atom. The van der Waals surface area contributed by atoms with E-state index < -0.39 is 28.9 Å². The molecule has 2 aliphatic heterocycles. The Kier molecular flexibility index (Phi) is 8.30. The van der Waals surface area contributed by atoms with Crippen LogP contribution in [0.2, 0.25) is 0 Å². The molecule has 228 valence electrons. The lowest BCUT2D eigenvalue weighted by molar-refractivity contribution is -0.170. The fourth-order valence-corrected chi connectivity index (χ4v) is 5.82. The summed E-state index contributed by atoms with van der Waals surface area (Å²) in [6.07, 6.45) is 2.14. The maximum atomic E-state index is 15.5. The number of ether oxygens (including phenoxy) is 3. The Labute approximate surface area is 244 Å². The zero-order chi connectivity index (χ0) is 30.4. The molecule has 8 nitrogen and oxygen atoms in total. The van der Waals surface area contributed by atoms with E-state index >= 15 is 4.39 Å². The second-order valence-electron chi connectivity index (χ2n) is 11.8. The van der Waals surface area contributed by atoms with Crippen LogP contribution in [0.1, 0.15) is 62.2 Å². The second-order valence-corrected chi connectivity index (χ2v) is 11.8. The van der Waals surface area contributed by atoms with Crippen LogP contribution in [0.4, 0.5) is 19.0 Å². The fraction of sp³-hybridized carbons (Fsp3) is 0.548. The molecule has 3 heterocycles. The molecular weight excluding hydrogens is 549 g/mol. The zero-order valence-electron chi connectivity index (χ0n) is 24.9. The molecule has 2 aromatic carbocycles. The SMILES string of the molecule is COc1c(OC[C@@H]2CCCN2C2COC2)cc2c(N[C@H](C)c3cccc(C(F)(F)C(C)(C)O)c3F)nc(C)nc2c1C. The van der Waals surface area contributed by atoms with Gasteiger partial charge in [0.05, 0.1) is 43.5 Å². The van der Waals surface area contributed by atoms with E-state index in [9.17, 15) is 13.9 Å². The molecule has 5 rings (SSSR count). The van der Waals surface area contributed by atoms with Gasteiger partial charge in [0.25, 0.3) is 0 Å². The number of nitrogens with one attached hydrogen (secondary N) is 1. The molecule has 0 unspecified atom stereocenters. The number of alkyl halides is 2. The number of anilines is 1. The number of aryl methyl sites for hydroxylation is 2. The summed E-state index contributed by atoms with van der Waals surface area (Å²) in [5.74, 6) is -2.88. The molecule has 0 aliphatic carbocycles. The number of hydrogen-bond donors (Lipinski definition) is 2. The van der Waals surface area contributed by atoms with Crippen LogP contribution in [0.3, 0.4) is 0 Å². The van der Waals surface area contributed by atoms with Crippen molar-refractivity contribution in [3.8, 4) is 11.5 Å². The zero-order valence-corrected chi connectivity index (χ0v) is 24.9. The van der Waals surface area contributed by atoms with Crippen molar-refractivity contribution in [1.82, 2.24) is 14.9 Å². The van der Waals surface area contributed by atoms with Gasteiger partial charge >= 0.3 is 5.92 Å². The summed E-state index contributed by atoms with van der Waals surface area (Å²) in [4.78, 5) is 11.7. The highest BCUT2D eigenvalue weighted by molar-refractivity contribution is 5.94. The lowest BCUT2D eigenvalue weighted by atomic mass is 9.91. The third-order valence-electron chi connectivity index (χ3n) is 8.35. The van der Waals surface area contributed by atoms with Gasteiger partial charge in [0.15, 0.2) is 11.5 Å². The minimum absolute atomic E-state index is 0.0175. The van der Waals surface area contributed by atoms with Crippen LogP contribution in [0.25, 0.3) is 10.9 Å². The molecule has 42 heavy (non-hydrogen) atoms. The normalized spacial score (nSPS) is 19.1. The number of rotatable bonds is 10. The van der Waals surface area contributed by atoms with Crippen molar-refractivity contribution in [2.24, 2.45) is 0 Å². The van der Waals surface area contributed by atoms with Crippen molar-refractivity contribution in [1.29, 1.82) is 0 Å². The van der Waals surface area contributed by atoms with Crippen LogP contribution in [0.15, 0.2) is 24.3 Å². The average molecular weight is 589 g/mol. The molecule has 2 aliphatic rings. The van der Waals surface area contributed by atoms with Crippen molar-refractivity contribution >= 4 is 16.7 Å². The third kappa shape index (κ3) is 5.49. The van der Waals surface area contributed by atoms with Crippen LogP contribution < -0.4 is 14.8 Å². The number of nitrogens with zero attached hydrogens (tertiary/aromatic N) is 3. The van der Waals surface area contributed by atoms with Gasteiger partial charge in [-0.05, 0) is 66.1 Å². The first kappa shape index (κ1) is 30.3. The van der Waals surface area contributed by atoms with Crippen LogP contribution in [0, 0.1) is 19.7 Å². The van der Waals surface area contributed by atoms with Crippen LogP contribution in [-0.4, -0.2) is 71.1 Å². The molecule has 1 aromatic heterocycles. The number of aliphatic hydroxyl groups is 1. The molecule has 0 amide bonds. The average Bonchev–Trinajstić information content (AvgIpc) is 3.34. The minimum atomic E-state index is -3.80. The van der Waals surface area contributed by atoms with Gasteiger partial charge in [-0.1, -0.05) is 12.1 Å². The van der Waals surface area contributed by atoms with Gasteiger partial charge in [-0.2, -0.15) is 8.78 Å². The summed E-state index contributed by atoms with van der Waals surface area (Å²) in [6, 6.07) is 5.56. The molecule has 2 fully saturated rings. The van der Waals surface area contributed by atoms with E-state index in [0.717, 1.165) is 58.1 Å². The summed E-state index contributed by atoms with van der Waals surface area (Å²) in [5, 5.41) is 13.9. The molecule has 3 aromatic rings. The Balaban J connectivity index is 1.47. The van der Waals surface area contributed by atoms with Crippen molar-refractivity contribution in [2.75, 3.05) is 38.8 Å². The Morgan fingerprint density at radius 3 is 2.60 bits per heavy atom. The van der Waals surface area contributed by atoms with E-state index in [1.807, 2.05) is 13.0 Å². The summed E-state index contributed by atoms with van der Waals surface area (Å²) < 4.78 is 62.9. The lowest BCUT2D eigenvalue weighted by Crippen LogP contribution is -2.52. The third-order valence-corrected chi connectivity index (χ3v) is 8.35. The molecule has 0 radical (unpaired) electrons. The highest BCUT2D eigenvalue weighted by Crippen LogP contribution is 2.42. The molecule has 2 N–H and O–H groups in total. The van der Waals surface area contributed by atoms with Gasteiger partial charge in [-0.15, -0.1) is 0 Å². The standard InChI is InChI=1S/C31H39F3N4O4/c1-17-27-23(13-25(28(17)40-6)42-16-20-9-8-12-38(20)21-14-41-15-21)29(37-19(3)36-27)35-18(2)22-10-7-11-24(26(22)32)31(33,34)30(4,5)39/h7,10-11,13,18,20-21,39H,8-9,12,14-16H2,1-6H3,(H,35,36,37)/t18-,20+/m1/s1. The number of likely N-dealkylation sites (tertiary alicyclic amines) is 1. The number of benzene rings is 2. The Hall–Kier alpha value is -3.15. The predicted molar refractivity (Wildman–Crippen MR) is 154 cm³/mol. The van der Waals surface area contributed by atoms with E-state index in [4.69, 9.17) is 14.2 Å². The number of aromatic nitrogens is 2. The molecule has 2 saturated heterocycles. The molecule has 0 saturated carbocycles. The molecule has 2 atom stereocenters. The minimum Gasteiger partial charge on any atom is -0.493 e. The Bertz CT molecular complexity index is 1460. The maximum Gasteiger partial charge on any atom is 0.303 e. The number of fused-ring (bicyclic) bond motifs is 1. The fourth-order valence-electron chi connectivity index (χ4n) is 5.82. The van der Waals surface area contributed by atoms with Gasteiger partial charge in [0.2, 0.25) is 0 Å². The van der Waals surface area contributed by atoms with Crippen molar-refractivity contribution in [2.45, 2.75) is 77.1 Å². The van der Waals surface area contributed by atoms with E-state index in [-0.39, 0.29) is 11.6 Å². The molecular formula is C31H39F3N4O4. The first-order valence-electron chi connectivity index (χ1n) is 14.3. The molecule has 0 spiro atoms. The van der Waals surface area contributed by atoms with Gasteiger partial charge < -0.3 is 24.6 Å². The quantitative estimate of drug-likeness (QED) is 0.313. The number of methoxy groups -OCH3 is 1. The highest BCUT2D eigenvalue weighted by Gasteiger charge is 2.49. The van der Waals surface area contributed by atoms with Crippen molar-refractivity contribution in [3.05, 3.63) is 52.6 Å². The first-order chi connectivity index (χ1) is 19.8. The topological polar surface area (TPSA) is 89.0 Å². The van der Waals surface area contributed by atoms with Crippen LogP contribution >= 0.6 is 0 Å². The largest absolute Gasteiger partial charge is 0.493 e. The predicted octanol–water partition coefficient (Wildman–Crippen LogP) is 5.67. The summed E-state index contributed by atoms with van der Waals surface area (Å²) in [7, 11) is 1.59. The van der Waals surface area contributed by atoms with Crippen LogP contribution in [-0.2, 0) is 10.7 Å². The number of hydrogen-bond acceptors (Lipinski definition) is 8. The lowest BCUT2D eigenvalue weighted by Gasteiger charge is -2.38. The van der Waals surface area contributed by atoms with Crippen molar-refractivity contribution < 1.29 is 32.5 Å². The smallest absolute Gasteiger partial charge is 0.303 e. The van der Waals surface area contributed by atoms with Crippen molar-refractivity contribution in [3.63, 3.8) is 0 Å². The van der Waals surface area contributed by atoms with E-state index in [0.29, 0.717) is 46.7 Å². The first-order valence-corrected chi connectivity index (χ1v) is 14.3. The number of halogens is 3. The summed E-state index contributed by atoms with van der Waals surface area (Å²) >= 11 is 0. The maximum absolute atomic E-state index is 15.5. The van der Waals surface area contributed by atoms with Gasteiger partial charge in [-0.3, -0.25) is 4.90 Å². The summed E-state index contributed by atoms with van der Waals surface area (Å²) in [6.45, 7) is 10.2.